The van der Waals surface area contributed by atoms with Gasteiger partial charge in [0.2, 0.25) is 0 Å². The van der Waals surface area contributed by atoms with Crippen LogP contribution in [0.15, 0.2) is 18.2 Å². The summed E-state index contributed by atoms with van der Waals surface area (Å²) in [5, 5.41) is 3.07. The summed E-state index contributed by atoms with van der Waals surface area (Å²) in [5.74, 6) is 0. The van der Waals surface area contributed by atoms with Crippen LogP contribution < -0.4 is 5.32 Å². The summed E-state index contributed by atoms with van der Waals surface area (Å²) in [6, 6.07) is 2.18. The molecule has 1 aromatic rings. The molecule has 21 heavy (non-hydrogen) atoms. The molecule has 2 saturated heterocycles. The van der Waals surface area contributed by atoms with Crippen LogP contribution in [0.25, 0.3) is 0 Å². The Bertz CT molecular complexity index is 557. The maximum absolute atomic E-state index is 12.9. The van der Waals surface area contributed by atoms with Gasteiger partial charge in [-0.1, -0.05) is 6.07 Å². The zero-order valence-corrected chi connectivity index (χ0v) is 10.6. The molecular formula is C13H11F6NO. The summed E-state index contributed by atoms with van der Waals surface area (Å²) in [5.41, 5.74) is -4.15. The number of alkyl halides is 6. The number of rotatable bonds is 1. The van der Waals surface area contributed by atoms with Gasteiger partial charge in [0.25, 0.3) is 0 Å². The quantitative estimate of drug-likeness (QED) is 0.804. The summed E-state index contributed by atoms with van der Waals surface area (Å²) >= 11 is 0. The standard InChI is InChI=1S/C13H11F6NO/c14-12(15,16)9-2-1-7(3-10(9)13(17,18)19)11-4-8(5-21-11)20-6-11/h1-3,8,20H,4-6H2. The van der Waals surface area contributed by atoms with E-state index in [1.165, 1.54) is 0 Å². The van der Waals surface area contributed by atoms with E-state index < -0.39 is 29.1 Å². The Balaban J connectivity index is 2.09. The monoisotopic (exact) mass is 311 g/mol. The Hall–Kier alpha value is -1.28. The summed E-state index contributed by atoms with van der Waals surface area (Å²) in [7, 11) is 0. The number of fused-ring (bicyclic) bond motifs is 2. The summed E-state index contributed by atoms with van der Waals surface area (Å²) in [6.45, 7) is 0.655. The lowest BCUT2D eigenvalue weighted by Crippen LogP contribution is -2.37. The fourth-order valence-corrected chi connectivity index (χ4v) is 2.95. The smallest absolute Gasteiger partial charge is 0.367 e. The molecule has 1 N–H and O–H groups in total. The highest BCUT2D eigenvalue weighted by Crippen LogP contribution is 2.45. The fraction of sp³-hybridized carbons (Fsp3) is 0.538. The van der Waals surface area contributed by atoms with Gasteiger partial charge < -0.3 is 10.1 Å². The molecule has 2 fully saturated rings. The van der Waals surface area contributed by atoms with E-state index in [0.717, 1.165) is 6.07 Å². The predicted molar refractivity (Wildman–Crippen MR) is 60.5 cm³/mol. The van der Waals surface area contributed by atoms with Crippen LogP contribution in [0.5, 0.6) is 0 Å². The molecule has 2 unspecified atom stereocenters. The topological polar surface area (TPSA) is 21.3 Å². The summed E-state index contributed by atoms with van der Waals surface area (Å²) in [4.78, 5) is 0. The van der Waals surface area contributed by atoms with E-state index in [2.05, 4.69) is 5.32 Å². The van der Waals surface area contributed by atoms with Crippen LogP contribution in [0.4, 0.5) is 26.3 Å². The molecule has 2 aliphatic rings. The van der Waals surface area contributed by atoms with Gasteiger partial charge >= 0.3 is 12.4 Å². The first-order chi connectivity index (χ1) is 9.62. The molecule has 116 valence electrons. The molecule has 0 aliphatic carbocycles. The third kappa shape index (κ3) is 2.40. The molecule has 2 nitrogen and oxygen atoms in total. The van der Waals surface area contributed by atoms with Gasteiger partial charge in [-0.05, 0) is 24.1 Å². The van der Waals surface area contributed by atoms with E-state index in [-0.39, 0.29) is 11.6 Å². The third-order valence-electron chi connectivity index (χ3n) is 3.97. The molecule has 3 rings (SSSR count). The molecule has 8 heteroatoms. The van der Waals surface area contributed by atoms with Crippen LogP contribution in [0, 0.1) is 0 Å². The molecule has 2 atom stereocenters. The predicted octanol–water partition coefficient (Wildman–Crippen LogP) is 3.31. The van der Waals surface area contributed by atoms with Gasteiger partial charge in [-0.2, -0.15) is 26.3 Å². The Labute approximate surface area is 116 Å². The van der Waals surface area contributed by atoms with Gasteiger partial charge in [-0.15, -0.1) is 0 Å². The zero-order chi connectivity index (χ0) is 15.5. The van der Waals surface area contributed by atoms with E-state index in [9.17, 15) is 26.3 Å². The van der Waals surface area contributed by atoms with Crippen molar-refractivity contribution in [3.8, 4) is 0 Å². The largest absolute Gasteiger partial charge is 0.417 e. The van der Waals surface area contributed by atoms with Crippen LogP contribution in [0.2, 0.25) is 0 Å². The number of hydrogen-bond donors (Lipinski definition) is 1. The summed E-state index contributed by atoms with van der Waals surface area (Å²) in [6.07, 6.45) is -9.65. The number of halogens is 6. The highest BCUT2D eigenvalue weighted by atomic mass is 19.4. The molecule has 2 bridgehead atoms. The van der Waals surface area contributed by atoms with Crippen molar-refractivity contribution in [3.05, 3.63) is 34.9 Å². The number of morpholine rings is 1. The zero-order valence-electron chi connectivity index (χ0n) is 10.6. The van der Waals surface area contributed by atoms with E-state index >= 15 is 0 Å². The van der Waals surface area contributed by atoms with Crippen molar-refractivity contribution in [2.45, 2.75) is 30.4 Å². The number of ether oxygens (including phenoxy) is 1. The molecular weight excluding hydrogens is 300 g/mol. The van der Waals surface area contributed by atoms with Crippen molar-refractivity contribution in [1.29, 1.82) is 0 Å². The van der Waals surface area contributed by atoms with Gasteiger partial charge in [0, 0.05) is 12.6 Å². The summed E-state index contributed by atoms with van der Waals surface area (Å²) < 4.78 is 82.5. The average molecular weight is 311 g/mol. The molecule has 0 saturated carbocycles. The SMILES string of the molecule is FC(F)(F)c1ccc(C23CNC(CO2)C3)cc1C(F)(F)F. The third-order valence-corrected chi connectivity index (χ3v) is 3.97. The Morgan fingerprint density at radius 2 is 1.71 bits per heavy atom. The first-order valence-electron chi connectivity index (χ1n) is 6.28. The second kappa shape index (κ2) is 4.36. The first-order valence-corrected chi connectivity index (χ1v) is 6.28. The van der Waals surface area contributed by atoms with Crippen LogP contribution in [0.1, 0.15) is 23.1 Å². The van der Waals surface area contributed by atoms with E-state index in [0.29, 0.717) is 31.7 Å². The van der Waals surface area contributed by atoms with Gasteiger partial charge in [0.05, 0.1) is 17.7 Å². The maximum Gasteiger partial charge on any atom is 0.417 e. The number of benzene rings is 1. The second-order valence-electron chi connectivity index (χ2n) is 5.34. The fourth-order valence-electron chi connectivity index (χ4n) is 2.95. The van der Waals surface area contributed by atoms with Gasteiger partial charge in [0.1, 0.15) is 5.60 Å². The van der Waals surface area contributed by atoms with Crippen molar-refractivity contribution in [2.24, 2.45) is 0 Å². The molecule has 2 heterocycles. The van der Waals surface area contributed by atoms with Gasteiger partial charge in [-0.3, -0.25) is 0 Å². The molecule has 0 spiro atoms. The van der Waals surface area contributed by atoms with Crippen molar-refractivity contribution in [3.63, 3.8) is 0 Å². The van der Waals surface area contributed by atoms with Crippen LogP contribution in [-0.2, 0) is 22.7 Å². The minimum atomic E-state index is -5.07. The van der Waals surface area contributed by atoms with Gasteiger partial charge in [0.15, 0.2) is 0 Å². The normalized spacial score (nSPS) is 29.1. The molecule has 0 amide bonds. The highest BCUT2D eigenvalue weighted by molar-refractivity contribution is 5.40. The van der Waals surface area contributed by atoms with Gasteiger partial charge in [-0.25, -0.2) is 0 Å². The van der Waals surface area contributed by atoms with Crippen LogP contribution >= 0.6 is 0 Å². The number of nitrogens with one attached hydrogen (secondary N) is 1. The second-order valence-corrected chi connectivity index (χ2v) is 5.34. The lowest BCUT2D eigenvalue weighted by Gasteiger charge is -2.28. The van der Waals surface area contributed by atoms with Crippen LogP contribution in [0.3, 0.4) is 0 Å². The Kier molecular flexibility index (Phi) is 3.04. The van der Waals surface area contributed by atoms with E-state index in [1.54, 1.807) is 0 Å². The minimum Gasteiger partial charge on any atom is -0.367 e. The molecule has 0 aromatic heterocycles. The lowest BCUT2D eigenvalue weighted by molar-refractivity contribution is -0.162. The Morgan fingerprint density at radius 1 is 1.05 bits per heavy atom. The Morgan fingerprint density at radius 3 is 2.14 bits per heavy atom. The van der Waals surface area contributed by atoms with Crippen molar-refractivity contribution in [1.82, 2.24) is 5.32 Å². The average Bonchev–Trinajstić information content (AvgIpc) is 2.97. The molecule has 1 aromatic carbocycles. The van der Waals surface area contributed by atoms with E-state index in [4.69, 9.17) is 4.74 Å². The molecule has 0 radical (unpaired) electrons. The van der Waals surface area contributed by atoms with Crippen molar-refractivity contribution >= 4 is 0 Å². The maximum atomic E-state index is 12.9. The molecule has 2 aliphatic heterocycles. The van der Waals surface area contributed by atoms with Crippen LogP contribution in [-0.4, -0.2) is 19.2 Å². The lowest BCUT2D eigenvalue weighted by atomic mass is 9.89. The minimum absolute atomic E-state index is 0.0432. The first kappa shape index (κ1) is 14.6. The number of hydrogen-bond acceptors (Lipinski definition) is 2. The van der Waals surface area contributed by atoms with Crippen molar-refractivity contribution < 1.29 is 31.1 Å². The van der Waals surface area contributed by atoms with Crippen molar-refractivity contribution in [2.75, 3.05) is 13.2 Å². The highest BCUT2D eigenvalue weighted by Gasteiger charge is 2.49. The van der Waals surface area contributed by atoms with E-state index in [1.807, 2.05) is 0 Å².